The summed E-state index contributed by atoms with van der Waals surface area (Å²) in [7, 11) is 0. The molecule has 134 valence electrons. The third-order valence-corrected chi connectivity index (χ3v) is 4.52. The molecule has 0 bridgehead atoms. The van der Waals surface area contributed by atoms with Crippen molar-refractivity contribution in [2.75, 3.05) is 18.7 Å². The van der Waals surface area contributed by atoms with Crippen LogP contribution in [-0.4, -0.2) is 30.4 Å². The van der Waals surface area contributed by atoms with Crippen LogP contribution in [-0.2, 0) is 9.59 Å². The van der Waals surface area contributed by atoms with E-state index in [1.165, 1.54) is 0 Å². The standard InChI is InChI=1S/C18H14ClNO6/c19-9-1-2-14(24-7-18(22)23)12(3-9)10-5-17(21)20-13-6-16-15(4-11(10)13)25-8-26-16/h1-4,6,10H,5,7-8H2,(H,20,21)(H,22,23). The van der Waals surface area contributed by atoms with Crippen LogP contribution in [0.25, 0.3) is 0 Å². The van der Waals surface area contributed by atoms with Crippen LogP contribution in [0.4, 0.5) is 5.69 Å². The van der Waals surface area contributed by atoms with Gasteiger partial charge >= 0.3 is 5.97 Å². The minimum absolute atomic E-state index is 0.126. The fourth-order valence-corrected chi connectivity index (χ4v) is 3.37. The zero-order chi connectivity index (χ0) is 18.3. The van der Waals surface area contributed by atoms with Crippen molar-refractivity contribution in [3.05, 3.63) is 46.5 Å². The predicted octanol–water partition coefficient (Wildman–Crippen LogP) is 3.01. The maximum atomic E-state index is 12.2. The van der Waals surface area contributed by atoms with Crippen molar-refractivity contribution in [1.29, 1.82) is 0 Å². The maximum Gasteiger partial charge on any atom is 0.341 e. The van der Waals surface area contributed by atoms with Gasteiger partial charge in [0.2, 0.25) is 12.7 Å². The van der Waals surface area contributed by atoms with E-state index in [2.05, 4.69) is 5.32 Å². The molecule has 0 saturated carbocycles. The van der Waals surface area contributed by atoms with E-state index < -0.39 is 12.6 Å². The molecule has 8 heteroatoms. The first kappa shape index (κ1) is 16.5. The Morgan fingerprint density at radius 1 is 1.23 bits per heavy atom. The van der Waals surface area contributed by atoms with Gasteiger partial charge in [0, 0.05) is 34.7 Å². The summed E-state index contributed by atoms with van der Waals surface area (Å²) >= 11 is 6.14. The number of carboxylic acids is 1. The van der Waals surface area contributed by atoms with Gasteiger partial charge in [-0.25, -0.2) is 4.79 Å². The highest BCUT2D eigenvalue weighted by Gasteiger charge is 2.31. The van der Waals surface area contributed by atoms with Crippen molar-refractivity contribution >= 4 is 29.2 Å². The summed E-state index contributed by atoms with van der Waals surface area (Å²) in [6, 6.07) is 8.47. The van der Waals surface area contributed by atoms with Crippen molar-refractivity contribution in [3.8, 4) is 17.2 Å². The number of fused-ring (bicyclic) bond motifs is 2. The van der Waals surface area contributed by atoms with Gasteiger partial charge in [0.05, 0.1) is 0 Å². The molecule has 2 heterocycles. The molecule has 2 N–H and O–H groups in total. The molecule has 0 fully saturated rings. The molecule has 2 aromatic rings. The Labute approximate surface area is 153 Å². The monoisotopic (exact) mass is 375 g/mol. The van der Waals surface area contributed by atoms with Crippen LogP contribution in [0.2, 0.25) is 5.02 Å². The Morgan fingerprint density at radius 3 is 2.77 bits per heavy atom. The molecular formula is C18H14ClNO6. The van der Waals surface area contributed by atoms with Gasteiger partial charge in [0.1, 0.15) is 5.75 Å². The van der Waals surface area contributed by atoms with Crippen molar-refractivity contribution < 1.29 is 28.9 Å². The number of ether oxygens (including phenoxy) is 3. The predicted molar refractivity (Wildman–Crippen MR) is 92.2 cm³/mol. The van der Waals surface area contributed by atoms with E-state index in [9.17, 15) is 9.59 Å². The first-order valence-electron chi connectivity index (χ1n) is 7.88. The largest absolute Gasteiger partial charge is 0.482 e. The smallest absolute Gasteiger partial charge is 0.341 e. The summed E-state index contributed by atoms with van der Waals surface area (Å²) in [4.78, 5) is 23.1. The third kappa shape index (κ3) is 3.01. The third-order valence-electron chi connectivity index (χ3n) is 4.28. The first-order valence-corrected chi connectivity index (χ1v) is 8.26. The molecule has 0 radical (unpaired) electrons. The molecule has 1 amide bonds. The van der Waals surface area contributed by atoms with Crippen molar-refractivity contribution in [1.82, 2.24) is 0 Å². The summed E-state index contributed by atoms with van der Waals surface area (Å²) in [6.07, 6.45) is 0.177. The SMILES string of the molecule is O=C(O)COc1ccc(Cl)cc1C1CC(=O)Nc2cc3c(cc21)OCO3. The van der Waals surface area contributed by atoms with Gasteiger partial charge in [-0.15, -0.1) is 0 Å². The van der Waals surface area contributed by atoms with E-state index in [-0.39, 0.29) is 25.0 Å². The minimum atomic E-state index is -1.09. The summed E-state index contributed by atoms with van der Waals surface area (Å²) in [5.74, 6) is -0.0597. The fourth-order valence-electron chi connectivity index (χ4n) is 3.19. The highest BCUT2D eigenvalue weighted by molar-refractivity contribution is 6.30. The van der Waals surface area contributed by atoms with Gasteiger partial charge in [-0.3, -0.25) is 4.79 Å². The number of rotatable bonds is 4. The van der Waals surface area contributed by atoms with E-state index in [0.29, 0.717) is 33.5 Å². The molecule has 26 heavy (non-hydrogen) atoms. The van der Waals surface area contributed by atoms with Gasteiger partial charge in [-0.05, 0) is 29.8 Å². The number of carbonyl (C=O) groups excluding carboxylic acids is 1. The molecule has 0 aliphatic carbocycles. The van der Waals surface area contributed by atoms with E-state index >= 15 is 0 Å². The zero-order valence-corrected chi connectivity index (χ0v) is 14.2. The number of hydrogen-bond donors (Lipinski definition) is 2. The minimum Gasteiger partial charge on any atom is -0.482 e. The zero-order valence-electron chi connectivity index (χ0n) is 13.5. The molecule has 1 atom stereocenters. The molecule has 7 nitrogen and oxygen atoms in total. The molecule has 2 aromatic carbocycles. The molecule has 2 aliphatic heterocycles. The number of carboxylic acid groups (broad SMARTS) is 1. The van der Waals surface area contributed by atoms with E-state index in [4.69, 9.17) is 30.9 Å². The van der Waals surface area contributed by atoms with Crippen LogP contribution in [0, 0.1) is 0 Å². The number of amides is 1. The van der Waals surface area contributed by atoms with Crippen molar-refractivity contribution in [2.24, 2.45) is 0 Å². The molecule has 0 spiro atoms. The summed E-state index contributed by atoms with van der Waals surface area (Å²) < 4.78 is 16.2. The summed E-state index contributed by atoms with van der Waals surface area (Å²) in [5.41, 5.74) is 2.10. The lowest BCUT2D eigenvalue weighted by Gasteiger charge is -2.27. The lowest BCUT2D eigenvalue weighted by atomic mass is 9.84. The number of hydrogen-bond acceptors (Lipinski definition) is 5. The summed E-state index contributed by atoms with van der Waals surface area (Å²) in [6.45, 7) is -0.359. The molecule has 0 aromatic heterocycles. The second-order valence-corrected chi connectivity index (χ2v) is 6.40. The van der Waals surface area contributed by atoms with Crippen LogP contribution >= 0.6 is 11.6 Å². The van der Waals surface area contributed by atoms with Crippen molar-refractivity contribution in [2.45, 2.75) is 12.3 Å². The van der Waals surface area contributed by atoms with Gasteiger partial charge in [0.15, 0.2) is 18.1 Å². The number of carbonyl (C=O) groups is 2. The lowest BCUT2D eigenvalue weighted by molar-refractivity contribution is -0.139. The Kier molecular flexibility index (Phi) is 4.08. The highest BCUT2D eigenvalue weighted by atomic mass is 35.5. The number of nitrogens with one attached hydrogen (secondary N) is 1. The van der Waals surface area contributed by atoms with Gasteiger partial charge in [-0.1, -0.05) is 11.6 Å². The second-order valence-electron chi connectivity index (χ2n) is 5.96. The number of aliphatic carboxylic acids is 1. The maximum absolute atomic E-state index is 12.2. The normalized spacial score (nSPS) is 17.4. The highest BCUT2D eigenvalue weighted by Crippen LogP contribution is 2.46. The molecule has 1 unspecified atom stereocenters. The molecule has 2 aliphatic rings. The van der Waals surface area contributed by atoms with Crippen LogP contribution in [0.5, 0.6) is 17.2 Å². The quantitative estimate of drug-likeness (QED) is 0.853. The summed E-state index contributed by atoms with van der Waals surface area (Å²) in [5, 5.41) is 12.2. The number of anilines is 1. The fraction of sp³-hybridized carbons (Fsp3) is 0.222. The Balaban J connectivity index is 1.80. The second kappa shape index (κ2) is 6.42. The number of benzene rings is 2. The first-order chi connectivity index (χ1) is 12.5. The average Bonchev–Trinajstić information content (AvgIpc) is 3.05. The van der Waals surface area contributed by atoms with Crippen LogP contribution in [0.3, 0.4) is 0 Å². The van der Waals surface area contributed by atoms with Gasteiger partial charge in [-0.2, -0.15) is 0 Å². The Hall–Kier alpha value is -2.93. The van der Waals surface area contributed by atoms with E-state index in [0.717, 1.165) is 5.56 Å². The Morgan fingerprint density at radius 2 is 2.00 bits per heavy atom. The van der Waals surface area contributed by atoms with Crippen molar-refractivity contribution in [3.63, 3.8) is 0 Å². The van der Waals surface area contributed by atoms with Crippen LogP contribution in [0.1, 0.15) is 23.5 Å². The van der Waals surface area contributed by atoms with Crippen LogP contribution < -0.4 is 19.5 Å². The lowest BCUT2D eigenvalue weighted by Crippen LogP contribution is -2.24. The molecule has 0 saturated heterocycles. The van der Waals surface area contributed by atoms with Crippen LogP contribution in [0.15, 0.2) is 30.3 Å². The average molecular weight is 376 g/mol. The molecular weight excluding hydrogens is 362 g/mol. The Bertz CT molecular complexity index is 913. The molecule has 4 rings (SSSR count). The van der Waals surface area contributed by atoms with Gasteiger partial charge < -0.3 is 24.6 Å². The van der Waals surface area contributed by atoms with E-state index in [1.807, 2.05) is 6.07 Å². The topological polar surface area (TPSA) is 94.1 Å². The van der Waals surface area contributed by atoms with E-state index in [1.54, 1.807) is 24.3 Å². The van der Waals surface area contributed by atoms with Gasteiger partial charge in [0.25, 0.3) is 0 Å². The number of halogens is 1.